The van der Waals surface area contributed by atoms with Crippen LogP contribution in [0.3, 0.4) is 0 Å². The van der Waals surface area contributed by atoms with Gasteiger partial charge in [-0.05, 0) is 30.3 Å². The van der Waals surface area contributed by atoms with E-state index in [1.54, 1.807) is 36.2 Å². The van der Waals surface area contributed by atoms with Crippen LogP contribution in [0.25, 0.3) is 0 Å². The Labute approximate surface area is 115 Å². The van der Waals surface area contributed by atoms with Gasteiger partial charge in [-0.25, -0.2) is 4.39 Å². The topological polar surface area (TPSA) is 53.0 Å². The highest BCUT2D eigenvalue weighted by Gasteiger charge is 2.11. The Morgan fingerprint density at radius 3 is 2.47 bits per heavy atom. The Kier molecular flexibility index (Phi) is 3.59. The van der Waals surface area contributed by atoms with Crippen LogP contribution in [0, 0.1) is 17.1 Å². The van der Waals surface area contributed by atoms with Crippen LogP contribution in [0.1, 0.15) is 5.56 Å². The van der Waals surface area contributed by atoms with Crippen LogP contribution in [-0.4, -0.2) is 7.05 Å². The summed E-state index contributed by atoms with van der Waals surface area (Å²) in [6.45, 7) is 0. The van der Waals surface area contributed by atoms with Crippen molar-refractivity contribution in [2.75, 3.05) is 17.7 Å². The van der Waals surface area contributed by atoms with Gasteiger partial charge >= 0.3 is 0 Å². The molecule has 0 aliphatic rings. The monoisotopic (exact) mass is 275 g/mol. The van der Waals surface area contributed by atoms with E-state index in [2.05, 4.69) is 0 Å². The van der Waals surface area contributed by atoms with Crippen molar-refractivity contribution in [3.05, 3.63) is 52.8 Å². The second-order valence-electron chi connectivity index (χ2n) is 4.04. The summed E-state index contributed by atoms with van der Waals surface area (Å²) in [6.07, 6.45) is 0. The number of nitrogens with zero attached hydrogens (tertiary/aromatic N) is 2. The molecule has 96 valence electrons. The molecule has 5 heteroatoms. The lowest BCUT2D eigenvalue weighted by Gasteiger charge is -2.21. The average molecular weight is 276 g/mol. The van der Waals surface area contributed by atoms with E-state index < -0.39 is 5.82 Å². The molecule has 0 aliphatic carbocycles. The Morgan fingerprint density at radius 2 is 1.89 bits per heavy atom. The van der Waals surface area contributed by atoms with E-state index in [1.165, 1.54) is 12.1 Å². The smallest absolute Gasteiger partial charge is 0.144 e. The van der Waals surface area contributed by atoms with Crippen molar-refractivity contribution in [1.82, 2.24) is 0 Å². The maximum Gasteiger partial charge on any atom is 0.144 e. The van der Waals surface area contributed by atoms with Gasteiger partial charge < -0.3 is 10.6 Å². The molecular weight excluding hydrogens is 265 g/mol. The Balaban J connectivity index is 2.41. The zero-order chi connectivity index (χ0) is 14.0. The van der Waals surface area contributed by atoms with E-state index in [1.807, 2.05) is 6.07 Å². The summed E-state index contributed by atoms with van der Waals surface area (Å²) in [5.41, 5.74) is 8.11. The Hall–Kier alpha value is -2.25. The number of nitriles is 1. The van der Waals surface area contributed by atoms with E-state index in [0.717, 1.165) is 5.69 Å². The highest BCUT2D eigenvalue weighted by Crippen LogP contribution is 2.32. The van der Waals surface area contributed by atoms with E-state index in [0.29, 0.717) is 16.9 Å². The summed E-state index contributed by atoms with van der Waals surface area (Å²) in [5, 5.41) is 8.74. The summed E-state index contributed by atoms with van der Waals surface area (Å²) in [4.78, 5) is 1.73. The number of anilines is 3. The normalized spacial score (nSPS) is 10.0. The lowest BCUT2D eigenvalue weighted by molar-refractivity contribution is 0.628. The van der Waals surface area contributed by atoms with Gasteiger partial charge in [0.2, 0.25) is 0 Å². The fraction of sp³-hybridized carbons (Fsp3) is 0.0714. The van der Waals surface area contributed by atoms with E-state index >= 15 is 0 Å². The third-order valence-electron chi connectivity index (χ3n) is 2.81. The first kappa shape index (κ1) is 13.2. The van der Waals surface area contributed by atoms with Gasteiger partial charge in [-0.1, -0.05) is 11.6 Å². The number of benzene rings is 2. The maximum atomic E-state index is 13.5. The molecule has 3 nitrogen and oxygen atoms in total. The summed E-state index contributed by atoms with van der Waals surface area (Å²) in [5.74, 6) is -0.522. The zero-order valence-corrected chi connectivity index (χ0v) is 10.9. The van der Waals surface area contributed by atoms with Crippen LogP contribution >= 0.6 is 11.6 Å². The largest absolute Gasteiger partial charge is 0.397 e. The fourth-order valence-electron chi connectivity index (χ4n) is 1.74. The Bertz CT molecular complexity index is 647. The van der Waals surface area contributed by atoms with Gasteiger partial charge in [-0.15, -0.1) is 0 Å². The second kappa shape index (κ2) is 5.17. The van der Waals surface area contributed by atoms with Crippen molar-refractivity contribution < 1.29 is 4.39 Å². The fourth-order valence-corrected chi connectivity index (χ4v) is 1.91. The van der Waals surface area contributed by atoms with Crippen molar-refractivity contribution in [2.45, 2.75) is 0 Å². The predicted octanol–water partition coefficient (Wildman–Crippen LogP) is 3.70. The number of nitrogens with two attached hydrogens (primary N) is 1. The first-order chi connectivity index (χ1) is 9.02. The van der Waals surface area contributed by atoms with Crippen LogP contribution in [0.2, 0.25) is 5.02 Å². The third-order valence-corrected chi connectivity index (χ3v) is 3.10. The van der Waals surface area contributed by atoms with E-state index in [4.69, 9.17) is 22.6 Å². The molecule has 0 aromatic heterocycles. The molecule has 0 heterocycles. The van der Waals surface area contributed by atoms with Gasteiger partial charge in [0.25, 0.3) is 0 Å². The van der Waals surface area contributed by atoms with E-state index in [-0.39, 0.29) is 5.02 Å². The molecule has 0 radical (unpaired) electrons. The first-order valence-electron chi connectivity index (χ1n) is 5.51. The zero-order valence-electron chi connectivity index (χ0n) is 10.2. The van der Waals surface area contributed by atoms with Crippen LogP contribution in [-0.2, 0) is 0 Å². The molecule has 19 heavy (non-hydrogen) atoms. The van der Waals surface area contributed by atoms with Crippen molar-refractivity contribution >= 4 is 28.7 Å². The lowest BCUT2D eigenvalue weighted by Crippen LogP contribution is -2.12. The standard InChI is InChI=1S/C14H11ClFN3/c1-19(10-4-2-9(8-17)3-5-10)14-7-12(16)11(15)6-13(14)18/h2-7H,18H2,1H3. The molecule has 0 aliphatic heterocycles. The van der Waals surface area contributed by atoms with Gasteiger partial charge in [0.15, 0.2) is 0 Å². The van der Waals surface area contributed by atoms with E-state index in [9.17, 15) is 4.39 Å². The highest BCUT2D eigenvalue weighted by molar-refractivity contribution is 6.31. The van der Waals surface area contributed by atoms with Crippen LogP contribution in [0.15, 0.2) is 36.4 Å². The number of halogens is 2. The molecule has 0 fully saturated rings. The summed E-state index contributed by atoms with van der Waals surface area (Å²) in [6, 6.07) is 11.6. The van der Waals surface area contributed by atoms with Gasteiger partial charge in [-0.3, -0.25) is 0 Å². The molecule has 0 amide bonds. The van der Waals surface area contributed by atoms with Gasteiger partial charge in [0, 0.05) is 18.8 Å². The molecule has 2 N–H and O–H groups in total. The van der Waals surface area contributed by atoms with Crippen LogP contribution < -0.4 is 10.6 Å². The molecule has 0 bridgehead atoms. The average Bonchev–Trinajstić information content (AvgIpc) is 2.42. The molecule has 0 unspecified atom stereocenters. The van der Waals surface area contributed by atoms with Crippen molar-refractivity contribution in [3.63, 3.8) is 0 Å². The molecule has 0 saturated carbocycles. The van der Waals surface area contributed by atoms with Gasteiger partial charge in [0.1, 0.15) is 5.82 Å². The molecule has 0 spiro atoms. The van der Waals surface area contributed by atoms with Gasteiger partial charge in [0.05, 0.1) is 28.0 Å². The van der Waals surface area contributed by atoms with Crippen molar-refractivity contribution in [2.24, 2.45) is 0 Å². The SMILES string of the molecule is CN(c1ccc(C#N)cc1)c1cc(F)c(Cl)cc1N. The van der Waals surface area contributed by atoms with Crippen molar-refractivity contribution in [3.8, 4) is 6.07 Å². The third kappa shape index (κ3) is 2.61. The minimum atomic E-state index is -0.522. The molecule has 2 rings (SSSR count). The van der Waals surface area contributed by atoms with Crippen LogP contribution in [0.5, 0.6) is 0 Å². The second-order valence-corrected chi connectivity index (χ2v) is 4.45. The quantitative estimate of drug-likeness (QED) is 0.850. The Morgan fingerprint density at radius 1 is 1.26 bits per heavy atom. The van der Waals surface area contributed by atoms with Gasteiger partial charge in [-0.2, -0.15) is 5.26 Å². The summed E-state index contributed by atoms with van der Waals surface area (Å²) < 4.78 is 13.5. The molecule has 2 aromatic carbocycles. The van der Waals surface area contributed by atoms with Crippen LogP contribution in [0.4, 0.5) is 21.5 Å². The molecule has 0 atom stereocenters. The summed E-state index contributed by atoms with van der Waals surface area (Å²) >= 11 is 5.67. The highest BCUT2D eigenvalue weighted by atomic mass is 35.5. The predicted molar refractivity (Wildman–Crippen MR) is 75.0 cm³/mol. The lowest BCUT2D eigenvalue weighted by atomic mass is 10.2. The van der Waals surface area contributed by atoms with Crippen molar-refractivity contribution in [1.29, 1.82) is 5.26 Å². The molecule has 2 aromatic rings. The molecular formula is C14H11ClFN3. The number of hydrogen-bond donors (Lipinski definition) is 1. The number of rotatable bonds is 2. The number of hydrogen-bond acceptors (Lipinski definition) is 3. The summed E-state index contributed by atoms with van der Waals surface area (Å²) in [7, 11) is 1.76. The minimum absolute atomic E-state index is 0.00511. The maximum absolute atomic E-state index is 13.5. The first-order valence-corrected chi connectivity index (χ1v) is 5.89. The number of nitrogen functional groups attached to an aromatic ring is 1. The molecule has 0 saturated heterocycles. The minimum Gasteiger partial charge on any atom is -0.397 e.